The van der Waals surface area contributed by atoms with E-state index < -0.39 is 0 Å². The Morgan fingerprint density at radius 1 is 1.29 bits per heavy atom. The number of amides is 2. The zero-order chi connectivity index (χ0) is 17.5. The average Bonchev–Trinajstić information content (AvgIpc) is 2.98. The molecular formula is C17H24N4O2S. The van der Waals surface area contributed by atoms with Gasteiger partial charge in [0.05, 0.1) is 11.3 Å². The van der Waals surface area contributed by atoms with Crippen molar-refractivity contribution in [3.63, 3.8) is 0 Å². The molecule has 0 saturated carbocycles. The lowest BCUT2D eigenvalue weighted by molar-refractivity contribution is -0.117. The third kappa shape index (κ3) is 4.92. The number of nitrogens with zero attached hydrogens (tertiary/aromatic N) is 1. The molecule has 24 heavy (non-hydrogen) atoms. The summed E-state index contributed by atoms with van der Waals surface area (Å²) < 4.78 is 0. The number of carbonyl (C=O) groups excluding carboxylic acids is 2. The Morgan fingerprint density at radius 2 is 2.04 bits per heavy atom. The molecule has 0 spiro atoms. The zero-order valence-electron chi connectivity index (χ0n) is 14.1. The monoisotopic (exact) mass is 348 g/mol. The van der Waals surface area contributed by atoms with Gasteiger partial charge in [-0.3, -0.25) is 20.4 Å². The Kier molecular flexibility index (Phi) is 6.54. The highest BCUT2D eigenvalue weighted by molar-refractivity contribution is 7.80. The van der Waals surface area contributed by atoms with Gasteiger partial charge >= 0.3 is 0 Å². The predicted octanol–water partition coefficient (Wildman–Crippen LogP) is 1.97. The lowest BCUT2D eigenvalue weighted by Gasteiger charge is -2.19. The van der Waals surface area contributed by atoms with Gasteiger partial charge in [-0.05, 0) is 43.1 Å². The highest BCUT2D eigenvalue weighted by Gasteiger charge is 2.25. The molecule has 1 saturated heterocycles. The van der Waals surface area contributed by atoms with E-state index >= 15 is 0 Å². The molecule has 1 aliphatic heterocycles. The number of thiocarbonyl (C=S) groups is 1. The fourth-order valence-corrected chi connectivity index (χ4v) is 2.66. The molecule has 0 bridgehead atoms. The molecule has 0 atom stereocenters. The van der Waals surface area contributed by atoms with Crippen LogP contribution in [0, 0.1) is 5.92 Å². The smallest absolute Gasteiger partial charge is 0.271 e. The number of hydrogen-bond donors (Lipinski definition) is 3. The Morgan fingerprint density at radius 3 is 2.71 bits per heavy atom. The summed E-state index contributed by atoms with van der Waals surface area (Å²) in [5.74, 6) is 0.312. The van der Waals surface area contributed by atoms with Crippen molar-refractivity contribution in [3.8, 4) is 0 Å². The maximum Gasteiger partial charge on any atom is 0.271 e. The van der Waals surface area contributed by atoms with Crippen LogP contribution in [0.4, 0.5) is 5.69 Å². The van der Waals surface area contributed by atoms with Gasteiger partial charge in [-0.25, -0.2) is 0 Å². The number of rotatable bonds is 5. The van der Waals surface area contributed by atoms with Crippen molar-refractivity contribution >= 4 is 34.8 Å². The SMILES string of the molecule is CC(C)CCNC(=S)NNC(=O)c1ccccc1N1CCCC1=O. The second kappa shape index (κ2) is 8.63. The van der Waals surface area contributed by atoms with Crippen molar-refractivity contribution in [3.05, 3.63) is 29.8 Å². The van der Waals surface area contributed by atoms with Gasteiger partial charge in [0.1, 0.15) is 0 Å². The van der Waals surface area contributed by atoms with Gasteiger partial charge < -0.3 is 10.2 Å². The summed E-state index contributed by atoms with van der Waals surface area (Å²) in [7, 11) is 0. The molecule has 2 rings (SSSR count). The van der Waals surface area contributed by atoms with Gasteiger partial charge in [-0.2, -0.15) is 0 Å². The maximum atomic E-state index is 12.4. The molecule has 0 aromatic heterocycles. The molecule has 130 valence electrons. The molecule has 7 heteroatoms. The highest BCUT2D eigenvalue weighted by Crippen LogP contribution is 2.25. The van der Waals surface area contributed by atoms with Gasteiger partial charge in [0.2, 0.25) is 5.91 Å². The quantitative estimate of drug-likeness (QED) is 0.560. The van der Waals surface area contributed by atoms with E-state index in [1.165, 1.54) is 0 Å². The van der Waals surface area contributed by atoms with Gasteiger partial charge in [0, 0.05) is 19.5 Å². The molecular weight excluding hydrogens is 324 g/mol. The fourth-order valence-electron chi connectivity index (χ4n) is 2.50. The number of para-hydroxylation sites is 1. The van der Waals surface area contributed by atoms with Crippen molar-refractivity contribution in [2.75, 3.05) is 18.0 Å². The molecule has 1 aliphatic rings. The molecule has 0 unspecified atom stereocenters. The number of carbonyl (C=O) groups is 2. The van der Waals surface area contributed by atoms with Crippen LogP contribution in [0.3, 0.4) is 0 Å². The normalized spacial score (nSPS) is 14.0. The van der Waals surface area contributed by atoms with E-state index in [1.54, 1.807) is 23.1 Å². The first-order valence-electron chi connectivity index (χ1n) is 8.22. The maximum absolute atomic E-state index is 12.4. The molecule has 1 aromatic rings. The molecule has 1 heterocycles. The third-order valence-electron chi connectivity index (χ3n) is 3.81. The van der Waals surface area contributed by atoms with E-state index in [4.69, 9.17) is 12.2 Å². The second-order valence-electron chi connectivity index (χ2n) is 6.18. The predicted molar refractivity (Wildman–Crippen MR) is 98.7 cm³/mol. The van der Waals surface area contributed by atoms with Crippen LogP contribution in [0.1, 0.15) is 43.5 Å². The molecule has 0 aliphatic carbocycles. The van der Waals surface area contributed by atoms with Crippen molar-refractivity contribution in [2.45, 2.75) is 33.1 Å². The zero-order valence-corrected chi connectivity index (χ0v) is 14.9. The molecule has 6 nitrogen and oxygen atoms in total. The van der Waals surface area contributed by atoms with Crippen LogP contribution in [0.25, 0.3) is 0 Å². The van der Waals surface area contributed by atoms with E-state index in [-0.39, 0.29) is 11.8 Å². The second-order valence-corrected chi connectivity index (χ2v) is 6.59. The molecule has 0 radical (unpaired) electrons. The van der Waals surface area contributed by atoms with E-state index in [2.05, 4.69) is 30.0 Å². The minimum absolute atomic E-state index is 0.0501. The first kappa shape index (κ1) is 18.2. The van der Waals surface area contributed by atoms with Crippen LogP contribution in [0.2, 0.25) is 0 Å². The summed E-state index contributed by atoms with van der Waals surface area (Å²) in [5.41, 5.74) is 6.37. The minimum Gasteiger partial charge on any atom is -0.361 e. The largest absolute Gasteiger partial charge is 0.361 e. The minimum atomic E-state index is -0.321. The molecule has 2 amide bonds. The summed E-state index contributed by atoms with van der Waals surface area (Å²) in [6, 6.07) is 7.09. The van der Waals surface area contributed by atoms with E-state index in [9.17, 15) is 9.59 Å². The van der Waals surface area contributed by atoms with Crippen molar-refractivity contribution < 1.29 is 9.59 Å². The van der Waals surface area contributed by atoms with Crippen molar-refractivity contribution in [2.24, 2.45) is 5.92 Å². The van der Waals surface area contributed by atoms with Crippen LogP contribution in [-0.4, -0.2) is 30.0 Å². The Bertz CT molecular complexity index is 618. The van der Waals surface area contributed by atoms with Crippen molar-refractivity contribution in [1.82, 2.24) is 16.2 Å². The van der Waals surface area contributed by atoms with Gasteiger partial charge in [-0.15, -0.1) is 0 Å². The summed E-state index contributed by atoms with van der Waals surface area (Å²) >= 11 is 5.13. The highest BCUT2D eigenvalue weighted by atomic mass is 32.1. The van der Waals surface area contributed by atoms with Crippen LogP contribution >= 0.6 is 12.2 Å². The number of benzene rings is 1. The Hall–Kier alpha value is -2.15. The standard InChI is InChI=1S/C17H24N4O2S/c1-12(2)9-10-18-17(24)20-19-16(23)13-6-3-4-7-14(13)21-11-5-8-15(21)22/h3-4,6-7,12H,5,8-11H2,1-2H3,(H,19,23)(H2,18,20,24). The summed E-state index contributed by atoms with van der Waals surface area (Å²) in [6.07, 6.45) is 2.34. The van der Waals surface area contributed by atoms with Gasteiger partial charge in [0.25, 0.3) is 5.91 Å². The van der Waals surface area contributed by atoms with E-state index in [0.29, 0.717) is 35.2 Å². The van der Waals surface area contributed by atoms with Crippen molar-refractivity contribution in [1.29, 1.82) is 0 Å². The van der Waals surface area contributed by atoms with Gasteiger partial charge in [-0.1, -0.05) is 26.0 Å². The average molecular weight is 348 g/mol. The lowest BCUT2D eigenvalue weighted by Crippen LogP contribution is -2.47. The fraction of sp³-hybridized carbons (Fsp3) is 0.471. The van der Waals surface area contributed by atoms with E-state index in [0.717, 1.165) is 19.4 Å². The lowest BCUT2D eigenvalue weighted by atomic mass is 10.1. The summed E-state index contributed by atoms with van der Waals surface area (Å²) in [6.45, 7) is 5.66. The topological polar surface area (TPSA) is 73.5 Å². The Labute approximate surface area is 148 Å². The van der Waals surface area contributed by atoms with Crippen LogP contribution in [0.15, 0.2) is 24.3 Å². The van der Waals surface area contributed by atoms with Gasteiger partial charge in [0.15, 0.2) is 5.11 Å². The first-order valence-corrected chi connectivity index (χ1v) is 8.63. The third-order valence-corrected chi connectivity index (χ3v) is 4.06. The van der Waals surface area contributed by atoms with Crippen LogP contribution < -0.4 is 21.1 Å². The Balaban J connectivity index is 1.93. The molecule has 3 N–H and O–H groups in total. The first-order chi connectivity index (χ1) is 11.5. The number of anilines is 1. The molecule has 1 aromatic carbocycles. The van der Waals surface area contributed by atoms with Crippen LogP contribution in [-0.2, 0) is 4.79 Å². The number of hydrogen-bond acceptors (Lipinski definition) is 3. The number of hydrazine groups is 1. The summed E-state index contributed by atoms with van der Waals surface area (Å²) in [4.78, 5) is 26.0. The summed E-state index contributed by atoms with van der Waals surface area (Å²) in [5, 5.41) is 3.41. The van der Waals surface area contributed by atoms with E-state index in [1.807, 2.05) is 6.07 Å². The van der Waals surface area contributed by atoms with Crippen LogP contribution in [0.5, 0.6) is 0 Å². The molecule has 1 fully saturated rings. The number of nitrogens with one attached hydrogen (secondary N) is 3.